The lowest BCUT2D eigenvalue weighted by Gasteiger charge is -2.16. The van der Waals surface area contributed by atoms with Crippen LogP contribution in [0.1, 0.15) is 37.0 Å². The van der Waals surface area contributed by atoms with Gasteiger partial charge in [0.1, 0.15) is 5.78 Å². The molecule has 4 nitrogen and oxygen atoms in total. The average Bonchev–Trinajstić information content (AvgIpc) is 3.09. The molecule has 0 fully saturated rings. The summed E-state index contributed by atoms with van der Waals surface area (Å²) in [6, 6.07) is 12.4. The zero-order chi connectivity index (χ0) is 18.9. The summed E-state index contributed by atoms with van der Waals surface area (Å²) in [5, 5.41) is 0.858. The Balaban J connectivity index is 0.000000948. The molecule has 136 valence electrons. The van der Waals surface area contributed by atoms with E-state index in [-0.39, 0.29) is 10.7 Å². The molecule has 1 aliphatic carbocycles. The van der Waals surface area contributed by atoms with E-state index in [1.807, 2.05) is 32.9 Å². The van der Waals surface area contributed by atoms with Gasteiger partial charge in [-0.2, -0.15) is 0 Å². The summed E-state index contributed by atoms with van der Waals surface area (Å²) in [7, 11) is -3.65. The van der Waals surface area contributed by atoms with Gasteiger partial charge in [0, 0.05) is 24.4 Å². The minimum Gasteiger partial charge on any atom is -0.299 e. The zero-order valence-corrected chi connectivity index (χ0v) is 16.1. The van der Waals surface area contributed by atoms with Gasteiger partial charge in [0.25, 0.3) is 10.0 Å². The van der Waals surface area contributed by atoms with Crippen LogP contribution in [0.25, 0.3) is 10.9 Å². The number of carbonyl (C=O) groups excluding carboxylic acids is 1. The van der Waals surface area contributed by atoms with E-state index in [9.17, 15) is 13.2 Å². The van der Waals surface area contributed by atoms with Gasteiger partial charge in [-0.15, -0.1) is 0 Å². The first kappa shape index (κ1) is 18.4. The number of benzene rings is 2. The summed E-state index contributed by atoms with van der Waals surface area (Å²) in [4.78, 5) is 12.1. The average molecular weight is 369 g/mol. The Kier molecular flexibility index (Phi) is 5.01. The highest BCUT2D eigenvalue weighted by molar-refractivity contribution is 7.90. The summed E-state index contributed by atoms with van der Waals surface area (Å²) in [6.45, 7) is 5.92. The largest absolute Gasteiger partial charge is 0.299 e. The number of aryl methyl sites for hydroxylation is 2. The molecular formula is C21H23NO3S. The third-order valence-electron chi connectivity index (χ3n) is 4.67. The molecule has 1 heterocycles. The predicted octanol–water partition coefficient (Wildman–Crippen LogP) is 4.27. The molecule has 0 atom stereocenters. The van der Waals surface area contributed by atoms with Crippen LogP contribution in [0.3, 0.4) is 0 Å². The van der Waals surface area contributed by atoms with E-state index in [1.165, 1.54) is 3.97 Å². The lowest BCUT2D eigenvalue weighted by atomic mass is 9.89. The van der Waals surface area contributed by atoms with Crippen LogP contribution in [0, 0.1) is 6.92 Å². The molecule has 0 saturated carbocycles. The molecule has 0 bridgehead atoms. The van der Waals surface area contributed by atoms with Crippen LogP contribution in [-0.2, 0) is 27.7 Å². The first-order valence-corrected chi connectivity index (χ1v) is 10.4. The molecule has 0 unspecified atom stereocenters. The van der Waals surface area contributed by atoms with E-state index in [4.69, 9.17) is 0 Å². The fraction of sp³-hybridized carbons (Fsp3) is 0.286. The molecule has 2 aromatic carbocycles. The van der Waals surface area contributed by atoms with E-state index in [2.05, 4.69) is 0 Å². The van der Waals surface area contributed by atoms with E-state index in [1.54, 1.807) is 36.5 Å². The van der Waals surface area contributed by atoms with Gasteiger partial charge in [0.05, 0.1) is 10.4 Å². The van der Waals surface area contributed by atoms with Crippen molar-refractivity contribution in [2.24, 2.45) is 0 Å². The molecule has 26 heavy (non-hydrogen) atoms. The zero-order valence-electron chi connectivity index (χ0n) is 15.3. The standard InChI is InChI=1S/C19H17NO3S.C2H6/c1-13-2-7-16(8-3-13)24(22,23)20-11-10-17-18-12-15(21)6-4-14(18)5-9-19(17)20;1-2/h2-3,5,7-11H,4,6,12H2,1H3;1-2H3. The smallest absolute Gasteiger partial charge is 0.268 e. The summed E-state index contributed by atoms with van der Waals surface area (Å²) in [5.41, 5.74) is 3.76. The number of Topliss-reactive ketones (excluding diaryl/α,β-unsaturated/α-hetero) is 1. The molecule has 1 aliphatic rings. The van der Waals surface area contributed by atoms with Crippen LogP contribution in [0.5, 0.6) is 0 Å². The number of rotatable bonds is 2. The second kappa shape index (κ2) is 7.08. The van der Waals surface area contributed by atoms with Crippen molar-refractivity contribution in [3.8, 4) is 0 Å². The maximum Gasteiger partial charge on any atom is 0.268 e. The van der Waals surface area contributed by atoms with Crippen molar-refractivity contribution in [2.75, 3.05) is 0 Å². The Morgan fingerprint density at radius 1 is 0.923 bits per heavy atom. The van der Waals surface area contributed by atoms with Crippen LogP contribution in [0.15, 0.2) is 53.6 Å². The number of aromatic nitrogens is 1. The Bertz CT molecular complexity index is 1060. The first-order chi connectivity index (χ1) is 12.5. The van der Waals surface area contributed by atoms with E-state index < -0.39 is 10.0 Å². The predicted molar refractivity (Wildman–Crippen MR) is 104 cm³/mol. The number of hydrogen-bond donors (Lipinski definition) is 0. The van der Waals surface area contributed by atoms with Gasteiger partial charge in [0.2, 0.25) is 0 Å². The highest BCUT2D eigenvalue weighted by atomic mass is 32.2. The van der Waals surface area contributed by atoms with Gasteiger partial charge in [0.15, 0.2) is 0 Å². The number of fused-ring (bicyclic) bond motifs is 3. The van der Waals surface area contributed by atoms with Crippen molar-refractivity contribution in [2.45, 2.75) is 44.9 Å². The summed E-state index contributed by atoms with van der Waals surface area (Å²) < 4.78 is 27.2. The molecule has 0 saturated heterocycles. The van der Waals surface area contributed by atoms with Crippen molar-refractivity contribution in [1.29, 1.82) is 0 Å². The fourth-order valence-electron chi connectivity index (χ4n) is 3.33. The molecule has 4 rings (SSSR count). The highest BCUT2D eigenvalue weighted by Crippen LogP contribution is 2.30. The summed E-state index contributed by atoms with van der Waals surface area (Å²) in [5.74, 6) is 0.212. The lowest BCUT2D eigenvalue weighted by Crippen LogP contribution is -2.14. The molecule has 3 aromatic rings. The van der Waals surface area contributed by atoms with Gasteiger partial charge < -0.3 is 0 Å². The number of carbonyl (C=O) groups is 1. The maximum absolute atomic E-state index is 12.9. The molecule has 5 heteroatoms. The molecule has 0 N–H and O–H groups in total. The van der Waals surface area contributed by atoms with Crippen LogP contribution in [0.2, 0.25) is 0 Å². The number of nitrogens with zero attached hydrogens (tertiary/aromatic N) is 1. The van der Waals surface area contributed by atoms with Crippen molar-refractivity contribution >= 4 is 26.7 Å². The van der Waals surface area contributed by atoms with Gasteiger partial charge in [-0.1, -0.05) is 37.6 Å². The second-order valence-electron chi connectivity index (χ2n) is 6.28. The lowest BCUT2D eigenvalue weighted by molar-refractivity contribution is -0.118. The minimum absolute atomic E-state index is 0.212. The topological polar surface area (TPSA) is 56.1 Å². The Morgan fingerprint density at radius 2 is 1.62 bits per heavy atom. The molecular weight excluding hydrogens is 346 g/mol. The van der Waals surface area contributed by atoms with Crippen molar-refractivity contribution in [1.82, 2.24) is 3.97 Å². The van der Waals surface area contributed by atoms with Gasteiger partial charge in [-0.3, -0.25) is 4.79 Å². The van der Waals surface area contributed by atoms with Gasteiger partial charge in [-0.05, 0) is 48.7 Å². The molecule has 0 spiro atoms. The number of ketones is 1. The maximum atomic E-state index is 12.9. The van der Waals surface area contributed by atoms with Crippen LogP contribution in [-0.4, -0.2) is 18.2 Å². The monoisotopic (exact) mass is 369 g/mol. The normalized spacial score (nSPS) is 13.9. The fourth-order valence-corrected chi connectivity index (χ4v) is 4.68. The van der Waals surface area contributed by atoms with Crippen LogP contribution < -0.4 is 0 Å². The summed E-state index contributed by atoms with van der Waals surface area (Å²) in [6.07, 6.45) is 3.28. The summed E-state index contributed by atoms with van der Waals surface area (Å²) >= 11 is 0. The third kappa shape index (κ3) is 3.07. The van der Waals surface area contributed by atoms with Crippen LogP contribution in [0.4, 0.5) is 0 Å². The molecule has 0 aliphatic heterocycles. The van der Waals surface area contributed by atoms with Crippen molar-refractivity contribution < 1.29 is 13.2 Å². The van der Waals surface area contributed by atoms with Gasteiger partial charge >= 0.3 is 0 Å². The quantitative estimate of drug-likeness (QED) is 0.678. The first-order valence-electron chi connectivity index (χ1n) is 8.92. The molecule has 0 radical (unpaired) electrons. The van der Waals surface area contributed by atoms with Crippen LogP contribution >= 0.6 is 0 Å². The highest BCUT2D eigenvalue weighted by Gasteiger charge is 2.23. The Hall–Kier alpha value is -2.40. The van der Waals surface area contributed by atoms with Crippen molar-refractivity contribution in [3.63, 3.8) is 0 Å². The van der Waals surface area contributed by atoms with E-state index in [0.29, 0.717) is 18.4 Å². The Morgan fingerprint density at radius 3 is 2.31 bits per heavy atom. The SMILES string of the molecule is CC.Cc1ccc(S(=O)(=O)n2ccc3c4c(ccc32)CCC(=O)C4)cc1. The minimum atomic E-state index is -3.65. The van der Waals surface area contributed by atoms with E-state index >= 15 is 0 Å². The van der Waals surface area contributed by atoms with Crippen molar-refractivity contribution in [3.05, 3.63) is 65.4 Å². The number of hydrogen-bond acceptors (Lipinski definition) is 3. The van der Waals surface area contributed by atoms with Gasteiger partial charge in [-0.25, -0.2) is 12.4 Å². The molecule has 0 amide bonds. The third-order valence-corrected chi connectivity index (χ3v) is 6.37. The second-order valence-corrected chi connectivity index (χ2v) is 8.10. The molecule has 1 aromatic heterocycles. The van der Waals surface area contributed by atoms with E-state index in [0.717, 1.165) is 28.5 Å². The Labute approximate surface area is 154 Å².